The second-order valence-corrected chi connectivity index (χ2v) is 5.98. The van der Waals surface area contributed by atoms with Gasteiger partial charge in [-0.25, -0.2) is 0 Å². The van der Waals surface area contributed by atoms with E-state index in [1.807, 2.05) is 0 Å². The molecule has 1 unspecified atom stereocenters. The standard InChI is InChI=1S/C13H27NOS/c1-3-4-5-13(11-15-2)14-10-12-6-8-16-9-7-12/h12-14H,3-11H2,1-2H3. The van der Waals surface area contributed by atoms with E-state index in [0.717, 1.165) is 12.5 Å². The van der Waals surface area contributed by atoms with Crippen molar-refractivity contribution in [2.24, 2.45) is 5.92 Å². The second kappa shape index (κ2) is 9.32. The van der Waals surface area contributed by atoms with E-state index in [1.165, 1.54) is 50.2 Å². The molecule has 0 bridgehead atoms. The Morgan fingerprint density at radius 2 is 2.12 bits per heavy atom. The minimum absolute atomic E-state index is 0.569. The Morgan fingerprint density at radius 1 is 1.38 bits per heavy atom. The summed E-state index contributed by atoms with van der Waals surface area (Å²) in [5.41, 5.74) is 0. The summed E-state index contributed by atoms with van der Waals surface area (Å²) in [6.07, 6.45) is 6.63. The van der Waals surface area contributed by atoms with Crippen molar-refractivity contribution < 1.29 is 4.74 Å². The SMILES string of the molecule is CCCCC(COC)NCC1CCSCC1. The second-order valence-electron chi connectivity index (χ2n) is 4.76. The molecule has 96 valence electrons. The third-order valence-corrected chi connectivity index (χ3v) is 4.36. The molecule has 2 nitrogen and oxygen atoms in total. The summed E-state index contributed by atoms with van der Waals surface area (Å²) in [6, 6.07) is 0.569. The van der Waals surface area contributed by atoms with Gasteiger partial charge in [0.2, 0.25) is 0 Å². The Labute approximate surface area is 105 Å². The van der Waals surface area contributed by atoms with Crippen LogP contribution in [0.2, 0.25) is 0 Å². The molecule has 0 radical (unpaired) electrons. The monoisotopic (exact) mass is 245 g/mol. The molecule has 0 aliphatic carbocycles. The van der Waals surface area contributed by atoms with Gasteiger partial charge in [-0.05, 0) is 43.2 Å². The van der Waals surface area contributed by atoms with Crippen molar-refractivity contribution in [1.29, 1.82) is 0 Å². The average Bonchev–Trinajstić information content (AvgIpc) is 2.34. The van der Waals surface area contributed by atoms with Crippen molar-refractivity contribution in [3.8, 4) is 0 Å². The number of unbranched alkanes of at least 4 members (excludes halogenated alkanes) is 1. The Balaban J connectivity index is 2.14. The van der Waals surface area contributed by atoms with E-state index < -0.39 is 0 Å². The molecule has 0 aromatic rings. The third kappa shape index (κ3) is 6.12. The highest BCUT2D eigenvalue weighted by Crippen LogP contribution is 2.22. The minimum atomic E-state index is 0.569. The molecule has 1 aliphatic rings. The van der Waals surface area contributed by atoms with Gasteiger partial charge < -0.3 is 10.1 Å². The van der Waals surface area contributed by atoms with Crippen LogP contribution >= 0.6 is 11.8 Å². The molecule has 0 amide bonds. The molecule has 1 atom stereocenters. The van der Waals surface area contributed by atoms with Gasteiger partial charge in [0.15, 0.2) is 0 Å². The number of nitrogens with one attached hydrogen (secondary N) is 1. The molecular formula is C13H27NOS. The average molecular weight is 245 g/mol. The molecule has 16 heavy (non-hydrogen) atoms. The van der Waals surface area contributed by atoms with Crippen molar-refractivity contribution in [2.45, 2.75) is 45.1 Å². The molecule has 1 aliphatic heterocycles. The fraction of sp³-hybridized carbons (Fsp3) is 1.00. The smallest absolute Gasteiger partial charge is 0.0615 e. The molecule has 1 fully saturated rings. The van der Waals surface area contributed by atoms with Crippen LogP contribution < -0.4 is 5.32 Å². The molecule has 1 rings (SSSR count). The maximum atomic E-state index is 5.27. The zero-order valence-electron chi connectivity index (χ0n) is 10.8. The molecule has 0 aromatic carbocycles. The fourth-order valence-electron chi connectivity index (χ4n) is 2.18. The van der Waals surface area contributed by atoms with Crippen molar-refractivity contribution in [3.63, 3.8) is 0 Å². The summed E-state index contributed by atoms with van der Waals surface area (Å²) in [4.78, 5) is 0. The first-order chi connectivity index (χ1) is 7.86. The summed E-state index contributed by atoms with van der Waals surface area (Å²) in [5.74, 6) is 3.62. The number of rotatable bonds is 8. The molecule has 3 heteroatoms. The lowest BCUT2D eigenvalue weighted by atomic mass is 10.0. The number of hydrogen-bond acceptors (Lipinski definition) is 3. The molecule has 0 spiro atoms. The normalized spacial score (nSPS) is 19.9. The lowest BCUT2D eigenvalue weighted by molar-refractivity contribution is 0.158. The zero-order valence-corrected chi connectivity index (χ0v) is 11.7. The number of hydrogen-bond donors (Lipinski definition) is 1. The van der Waals surface area contributed by atoms with Crippen molar-refractivity contribution >= 4 is 11.8 Å². The lowest BCUT2D eigenvalue weighted by Crippen LogP contribution is -2.37. The van der Waals surface area contributed by atoms with Crippen LogP contribution in [0.4, 0.5) is 0 Å². The van der Waals surface area contributed by atoms with E-state index in [4.69, 9.17) is 4.74 Å². The van der Waals surface area contributed by atoms with Gasteiger partial charge >= 0.3 is 0 Å². The van der Waals surface area contributed by atoms with Gasteiger partial charge in [0.05, 0.1) is 6.61 Å². The summed E-state index contributed by atoms with van der Waals surface area (Å²) >= 11 is 2.10. The Hall–Kier alpha value is 0.270. The van der Waals surface area contributed by atoms with Crippen LogP contribution in [-0.4, -0.2) is 37.8 Å². The first-order valence-corrected chi connectivity index (χ1v) is 7.82. The fourth-order valence-corrected chi connectivity index (χ4v) is 3.38. The van der Waals surface area contributed by atoms with Gasteiger partial charge in [-0.3, -0.25) is 0 Å². The quantitative estimate of drug-likeness (QED) is 0.710. The largest absolute Gasteiger partial charge is 0.383 e. The summed E-state index contributed by atoms with van der Waals surface area (Å²) in [6.45, 7) is 4.31. The highest BCUT2D eigenvalue weighted by atomic mass is 32.2. The Kier molecular flexibility index (Phi) is 8.34. The predicted octanol–water partition coefficient (Wildman–Crippen LogP) is 2.92. The predicted molar refractivity (Wildman–Crippen MR) is 73.2 cm³/mol. The van der Waals surface area contributed by atoms with E-state index in [9.17, 15) is 0 Å². The van der Waals surface area contributed by atoms with Crippen molar-refractivity contribution in [1.82, 2.24) is 5.32 Å². The number of methoxy groups -OCH3 is 1. The summed E-state index contributed by atoms with van der Waals surface area (Å²) in [5, 5.41) is 3.69. The van der Waals surface area contributed by atoms with Crippen molar-refractivity contribution in [2.75, 3.05) is 31.8 Å². The molecule has 1 N–H and O–H groups in total. The maximum Gasteiger partial charge on any atom is 0.0615 e. The molecule has 0 aromatic heterocycles. The van der Waals surface area contributed by atoms with Crippen LogP contribution in [0.15, 0.2) is 0 Å². The van der Waals surface area contributed by atoms with E-state index in [2.05, 4.69) is 24.0 Å². The topological polar surface area (TPSA) is 21.3 Å². The Bertz CT molecular complexity index is 160. The van der Waals surface area contributed by atoms with Crippen LogP contribution in [0, 0.1) is 5.92 Å². The van der Waals surface area contributed by atoms with Crippen LogP contribution in [0.5, 0.6) is 0 Å². The van der Waals surface area contributed by atoms with Crippen LogP contribution in [0.1, 0.15) is 39.0 Å². The first-order valence-electron chi connectivity index (χ1n) is 6.66. The molecular weight excluding hydrogens is 218 g/mol. The highest BCUT2D eigenvalue weighted by Gasteiger charge is 2.15. The molecule has 0 saturated carbocycles. The van der Waals surface area contributed by atoms with Gasteiger partial charge in [0.1, 0.15) is 0 Å². The van der Waals surface area contributed by atoms with Gasteiger partial charge in [-0.15, -0.1) is 0 Å². The van der Waals surface area contributed by atoms with Gasteiger partial charge in [-0.1, -0.05) is 19.8 Å². The number of ether oxygens (including phenoxy) is 1. The summed E-state index contributed by atoms with van der Waals surface area (Å²) < 4.78 is 5.27. The van der Waals surface area contributed by atoms with Crippen LogP contribution in [0.25, 0.3) is 0 Å². The summed E-state index contributed by atoms with van der Waals surface area (Å²) in [7, 11) is 1.80. The van der Waals surface area contributed by atoms with E-state index >= 15 is 0 Å². The minimum Gasteiger partial charge on any atom is -0.383 e. The zero-order chi connectivity index (χ0) is 11.6. The van der Waals surface area contributed by atoms with Crippen LogP contribution in [0.3, 0.4) is 0 Å². The van der Waals surface area contributed by atoms with Gasteiger partial charge in [0, 0.05) is 13.2 Å². The highest BCUT2D eigenvalue weighted by molar-refractivity contribution is 7.99. The van der Waals surface area contributed by atoms with E-state index in [1.54, 1.807) is 7.11 Å². The molecule has 1 saturated heterocycles. The van der Waals surface area contributed by atoms with Gasteiger partial charge in [0.25, 0.3) is 0 Å². The van der Waals surface area contributed by atoms with E-state index in [-0.39, 0.29) is 0 Å². The van der Waals surface area contributed by atoms with Crippen LogP contribution in [-0.2, 0) is 4.74 Å². The van der Waals surface area contributed by atoms with E-state index in [0.29, 0.717) is 6.04 Å². The molecule has 1 heterocycles. The van der Waals surface area contributed by atoms with Gasteiger partial charge in [-0.2, -0.15) is 11.8 Å². The third-order valence-electron chi connectivity index (χ3n) is 3.31. The number of thioether (sulfide) groups is 1. The lowest BCUT2D eigenvalue weighted by Gasteiger charge is -2.25. The van der Waals surface area contributed by atoms with Crippen molar-refractivity contribution in [3.05, 3.63) is 0 Å². The maximum absolute atomic E-state index is 5.27. The Morgan fingerprint density at radius 3 is 2.75 bits per heavy atom. The first kappa shape index (κ1) is 14.3.